The van der Waals surface area contributed by atoms with Crippen molar-refractivity contribution in [2.45, 2.75) is 20.0 Å². The number of nitrogen functional groups attached to an aromatic ring is 1. The fourth-order valence-electron chi connectivity index (χ4n) is 1.48. The second-order valence-corrected chi connectivity index (χ2v) is 3.39. The van der Waals surface area contributed by atoms with E-state index in [1.807, 2.05) is 0 Å². The van der Waals surface area contributed by atoms with Gasteiger partial charge in [-0.3, -0.25) is 4.79 Å². The number of carbonyl (C=O) groups is 1. The van der Waals surface area contributed by atoms with E-state index >= 15 is 0 Å². The zero-order valence-corrected chi connectivity index (χ0v) is 9.39. The molecule has 0 saturated heterocycles. The topological polar surface area (TPSA) is 52.3 Å². The molecular formula is C11H12F3NO2. The quantitative estimate of drug-likeness (QED) is 0.660. The molecule has 0 saturated carbocycles. The Balaban J connectivity index is 3.53. The van der Waals surface area contributed by atoms with Gasteiger partial charge >= 0.3 is 6.18 Å². The van der Waals surface area contributed by atoms with Crippen molar-refractivity contribution in [3.63, 3.8) is 0 Å². The van der Waals surface area contributed by atoms with Gasteiger partial charge in [-0.1, -0.05) is 0 Å². The van der Waals surface area contributed by atoms with E-state index in [9.17, 15) is 18.0 Å². The van der Waals surface area contributed by atoms with Crippen LogP contribution >= 0.6 is 0 Å². The summed E-state index contributed by atoms with van der Waals surface area (Å²) in [7, 11) is 0. The number of alkyl halides is 3. The molecule has 0 bridgehead atoms. The van der Waals surface area contributed by atoms with Crippen LogP contribution in [-0.2, 0) is 6.18 Å². The molecule has 0 aliphatic carbocycles. The van der Waals surface area contributed by atoms with Gasteiger partial charge in [-0.05, 0) is 26.0 Å². The number of hydrogen-bond acceptors (Lipinski definition) is 3. The molecule has 1 aromatic rings. The van der Waals surface area contributed by atoms with E-state index in [0.29, 0.717) is 0 Å². The summed E-state index contributed by atoms with van der Waals surface area (Å²) < 4.78 is 43.1. The van der Waals surface area contributed by atoms with Crippen LogP contribution in [0, 0.1) is 0 Å². The lowest BCUT2D eigenvalue weighted by atomic mass is 10.0. The Bertz CT molecular complexity index is 441. The van der Waals surface area contributed by atoms with E-state index in [-0.39, 0.29) is 17.9 Å². The van der Waals surface area contributed by atoms with Gasteiger partial charge in [0.05, 0.1) is 17.7 Å². The summed E-state index contributed by atoms with van der Waals surface area (Å²) in [6.45, 7) is 2.70. The molecule has 0 fully saturated rings. The Morgan fingerprint density at radius 3 is 2.41 bits per heavy atom. The summed E-state index contributed by atoms with van der Waals surface area (Å²) in [5.74, 6) is -1.05. The second-order valence-electron chi connectivity index (χ2n) is 3.39. The molecule has 3 nitrogen and oxygen atoms in total. The first-order valence-corrected chi connectivity index (χ1v) is 4.92. The zero-order valence-electron chi connectivity index (χ0n) is 9.39. The van der Waals surface area contributed by atoms with Crippen LogP contribution in [0.1, 0.15) is 29.8 Å². The van der Waals surface area contributed by atoms with Crippen molar-refractivity contribution in [3.05, 3.63) is 23.3 Å². The molecular weight excluding hydrogens is 235 g/mol. The molecule has 0 aliphatic heterocycles. The maximum absolute atomic E-state index is 12.7. The van der Waals surface area contributed by atoms with Crippen LogP contribution in [0.15, 0.2) is 12.1 Å². The molecule has 17 heavy (non-hydrogen) atoms. The monoisotopic (exact) mass is 247 g/mol. The van der Waals surface area contributed by atoms with Gasteiger partial charge in [-0.2, -0.15) is 13.2 Å². The number of rotatable bonds is 3. The molecule has 94 valence electrons. The lowest BCUT2D eigenvalue weighted by Crippen LogP contribution is -2.13. The van der Waals surface area contributed by atoms with Crippen molar-refractivity contribution in [1.82, 2.24) is 0 Å². The van der Waals surface area contributed by atoms with E-state index < -0.39 is 23.3 Å². The van der Waals surface area contributed by atoms with E-state index in [2.05, 4.69) is 0 Å². The van der Waals surface area contributed by atoms with Crippen molar-refractivity contribution in [2.75, 3.05) is 12.3 Å². The molecule has 0 aliphatic rings. The minimum absolute atomic E-state index is 0.0195. The van der Waals surface area contributed by atoms with Crippen LogP contribution in [-0.4, -0.2) is 12.4 Å². The second kappa shape index (κ2) is 4.65. The first-order chi connectivity index (χ1) is 7.79. The average Bonchev–Trinajstić information content (AvgIpc) is 2.15. The number of ether oxygens (including phenoxy) is 1. The zero-order chi connectivity index (χ0) is 13.2. The first kappa shape index (κ1) is 13.3. The lowest BCUT2D eigenvalue weighted by molar-refractivity contribution is -0.138. The average molecular weight is 247 g/mol. The molecule has 2 N–H and O–H groups in total. The minimum atomic E-state index is -4.58. The fourth-order valence-corrected chi connectivity index (χ4v) is 1.48. The Kier molecular flexibility index (Phi) is 3.65. The van der Waals surface area contributed by atoms with Crippen LogP contribution in [0.3, 0.4) is 0 Å². The van der Waals surface area contributed by atoms with Crippen LogP contribution in [0.5, 0.6) is 5.75 Å². The summed E-state index contributed by atoms with van der Waals surface area (Å²) in [5.41, 5.74) is 4.27. The standard InChI is InChI=1S/C11H12F3NO2/c1-3-17-10-7(11(12,13)14)4-5-8(15)9(10)6(2)16/h4-5H,3,15H2,1-2H3. The van der Waals surface area contributed by atoms with Crippen LogP contribution in [0.4, 0.5) is 18.9 Å². The van der Waals surface area contributed by atoms with E-state index in [1.54, 1.807) is 0 Å². The fraction of sp³-hybridized carbons (Fsp3) is 0.364. The largest absolute Gasteiger partial charge is 0.492 e. The number of Topliss-reactive ketones (excluding diaryl/α,β-unsaturated/α-hetero) is 1. The smallest absolute Gasteiger partial charge is 0.419 e. The number of nitrogens with two attached hydrogens (primary N) is 1. The van der Waals surface area contributed by atoms with Crippen molar-refractivity contribution >= 4 is 11.5 Å². The number of ketones is 1. The van der Waals surface area contributed by atoms with Gasteiger partial charge in [-0.15, -0.1) is 0 Å². The summed E-state index contributed by atoms with van der Waals surface area (Å²) in [6.07, 6.45) is -4.58. The Labute approximate surface area is 96.4 Å². The normalized spacial score (nSPS) is 11.4. The third-order valence-electron chi connectivity index (χ3n) is 2.14. The van der Waals surface area contributed by atoms with Gasteiger partial charge in [0.2, 0.25) is 0 Å². The van der Waals surface area contributed by atoms with E-state index in [4.69, 9.17) is 10.5 Å². The van der Waals surface area contributed by atoms with Gasteiger partial charge in [-0.25, -0.2) is 0 Å². The third-order valence-corrected chi connectivity index (χ3v) is 2.14. The molecule has 0 unspecified atom stereocenters. The van der Waals surface area contributed by atoms with Gasteiger partial charge in [0, 0.05) is 5.69 Å². The maximum atomic E-state index is 12.7. The summed E-state index contributed by atoms with van der Waals surface area (Å²) in [6, 6.07) is 1.87. The lowest BCUT2D eigenvalue weighted by Gasteiger charge is -2.17. The molecule has 1 aromatic carbocycles. The maximum Gasteiger partial charge on any atom is 0.419 e. The number of halogens is 3. The van der Waals surface area contributed by atoms with Gasteiger partial charge in [0.1, 0.15) is 5.75 Å². The molecule has 0 heterocycles. The summed E-state index contributed by atoms with van der Waals surface area (Å²) >= 11 is 0. The third kappa shape index (κ3) is 2.69. The SMILES string of the molecule is CCOc1c(C(F)(F)F)ccc(N)c1C(C)=O. The van der Waals surface area contributed by atoms with Crippen molar-refractivity contribution in [3.8, 4) is 5.75 Å². The van der Waals surface area contributed by atoms with Crippen LogP contribution in [0.2, 0.25) is 0 Å². The number of anilines is 1. The number of benzene rings is 1. The number of carbonyl (C=O) groups excluding carboxylic acids is 1. The minimum Gasteiger partial charge on any atom is -0.492 e. The van der Waals surface area contributed by atoms with Crippen molar-refractivity contribution < 1.29 is 22.7 Å². The molecule has 0 atom stereocenters. The first-order valence-electron chi connectivity index (χ1n) is 4.92. The molecule has 0 spiro atoms. The van der Waals surface area contributed by atoms with E-state index in [1.165, 1.54) is 6.92 Å². The van der Waals surface area contributed by atoms with Crippen LogP contribution < -0.4 is 10.5 Å². The molecule has 0 radical (unpaired) electrons. The molecule has 1 rings (SSSR count). The Morgan fingerprint density at radius 2 is 2.00 bits per heavy atom. The predicted molar refractivity (Wildman–Crippen MR) is 57.0 cm³/mol. The van der Waals surface area contributed by atoms with Crippen molar-refractivity contribution in [2.24, 2.45) is 0 Å². The number of hydrogen-bond donors (Lipinski definition) is 1. The highest BCUT2D eigenvalue weighted by Crippen LogP contribution is 2.40. The van der Waals surface area contributed by atoms with Crippen molar-refractivity contribution in [1.29, 1.82) is 0 Å². The molecule has 6 heteroatoms. The highest BCUT2D eigenvalue weighted by molar-refractivity contribution is 6.02. The van der Waals surface area contributed by atoms with Gasteiger partial charge in [0.15, 0.2) is 5.78 Å². The summed E-state index contributed by atoms with van der Waals surface area (Å²) in [5, 5.41) is 0. The van der Waals surface area contributed by atoms with Crippen LogP contribution in [0.25, 0.3) is 0 Å². The van der Waals surface area contributed by atoms with E-state index in [0.717, 1.165) is 19.1 Å². The molecule has 0 amide bonds. The highest BCUT2D eigenvalue weighted by Gasteiger charge is 2.36. The molecule has 0 aromatic heterocycles. The highest BCUT2D eigenvalue weighted by atomic mass is 19.4. The predicted octanol–water partition coefficient (Wildman–Crippen LogP) is 2.89. The summed E-state index contributed by atoms with van der Waals surface area (Å²) in [4.78, 5) is 11.3. The Hall–Kier alpha value is -1.72. The van der Waals surface area contributed by atoms with Gasteiger partial charge < -0.3 is 10.5 Å². The van der Waals surface area contributed by atoms with Gasteiger partial charge in [0.25, 0.3) is 0 Å². The Morgan fingerprint density at radius 1 is 1.41 bits per heavy atom.